The van der Waals surface area contributed by atoms with Crippen LogP contribution in [0.4, 0.5) is 5.69 Å². The maximum Gasteiger partial charge on any atom is 0.260 e. The first-order valence-electron chi connectivity index (χ1n) is 20.1. The van der Waals surface area contributed by atoms with Crippen molar-refractivity contribution < 1.29 is 24.5 Å². The molecule has 2 aromatic rings. The quantitative estimate of drug-likeness (QED) is 0.174. The van der Waals surface area contributed by atoms with Gasteiger partial charge in [-0.2, -0.15) is 0 Å². The summed E-state index contributed by atoms with van der Waals surface area (Å²) >= 11 is 6.41. The SMILES string of the molecule is C=S1NC(=O)c2ccc3c(c2)N(CC(c2ccc(Cl)cc2CCC)CO3)CC2CCC2C(C=O)CCCC(C)C1C.CC.CCN(CC)C(CO)CO. The van der Waals surface area contributed by atoms with Crippen LogP contribution < -0.4 is 14.4 Å². The van der Waals surface area contributed by atoms with Crippen molar-refractivity contribution in [2.24, 2.45) is 23.7 Å². The summed E-state index contributed by atoms with van der Waals surface area (Å²) in [7, 11) is -0.507. The van der Waals surface area contributed by atoms with Gasteiger partial charge in [-0.25, -0.2) is 0 Å². The summed E-state index contributed by atoms with van der Waals surface area (Å²) in [5.41, 5.74) is 4.17. The number of benzene rings is 2. The summed E-state index contributed by atoms with van der Waals surface area (Å²) in [6, 6.07) is 12.0. The number of anilines is 1. The molecular weight excluding hydrogens is 706 g/mol. The lowest BCUT2D eigenvalue weighted by Crippen LogP contribution is -2.43. The summed E-state index contributed by atoms with van der Waals surface area (Å²) in [6.07, 6.45) is 8.51. The van der Waals surface area contributed by atoms with Crippen LogP contribution in [0.15, 0.2) is 36.4 Å². The molecule has 3 N–H and O–H groups in total. The van der Waals surface area contributed by atoms with Crippen molar-refractivity contribution in [3.63, 3.8) is 0 Å². The Morgan fingerprint density at radius 2 is 1.75 bits per heavy atom. The van der Waals surface area contributed by atoms with E-state index in [4.69, 9.17) is 26.6 Å². The van der Waals surface area contributed by atoms with Crippen LogP contribution in [0.3, 0.4) is 0 Å². The van der Waals surface area contributed by atoms with E-state index in [-0.39, 0.29) is 42.2 Å². The van der Waals surface area contributed by atoms with E-state index in [1.165, 1.54) is 17.4 Å². The third-order valence-electron chi connectivity index (χ3n) is 11.6. The molecule has 1 amide bonds. The Labute approximate surface area is 328 Å². The van der Waals surface area contributed by atoms with Crippen molar-refractivity contribution in [1.29, 1.82) is 0 Å². The predicted molar refractivity (Wildman–Crippen MR) is 225 cm³/mol. The van der Waals surface area contributed by atoms with Gasteiger partial charge in [0.15, 0.2) is 0 Å². The molecule has 2 aliphatic heterocycles. The second kappa shape index (κ2) is 22.8. The normalized spacial score (nSPS) is 26.0. The number of hydrogen-bond acceptors (Lipinski definition) is 7. The number of nitrogens with one attached hydrogen (secondary N) is 1. The van der Waals surface area contributed by atoms with E-state index in [2.05, 4.69) is 48.4 Å². The first kappa shape index (κ1) is 45.0. The van der Waals surface area contributed by atoms with Gasteiger partial charge in [0.2, 0.25) is 0 Å². The molecular formula is C43H68ClN3O5S. The lowest BCUT2D eigenvalue weighted by Gasteiger charge is -2.43. The van der Waals surface area contributed by atoms with E-state index in [9.17, 15) is 9.59 Å². The predicted octanol–water partition coefficient (Wildman–Crippen LogP) is 8.38. The molecule has 2 bridgehead atoms. The number of aldehydes is 1. The average Bonchev–Trinajstić information content (AvgIpc) is 3.34. The highest BCUT2D eigenvalue weighted by Gasteiger charge is 2.39. The van der Waals surface area contributed by atoms with E-state index in [1.54, 1.807) is 0 Å². The number of carbonyl (C=O) groups excluding carboxylic acids is 2. The van der Waals surface area contributed by atoms with Crippen LogP contribution in [0.1, 0.15) is 114 Å². The molecule has 10 heteroatoms. The highest BCUT2D eigenvalue weighted by atomic mass is 35.5. The number of halogens is 1. The van der Waals surface area contributed by atoms with Crippen LogP contribution in [-0.4, -0.2) is 90.5 Å². The molecule has 8 nitrogen and oxygen atoms in total. The fourth-order valence-electron chi connectivity index (χ4n) is 8.00. The molecule has 298 valence electrons. The average molecular weight is 775 g/mol. The summed E-state index contributed by atoms with van der Waals surface area (Å²) in [5, 5.41) is 18.5. The maximum atomic E-state index is 13.4. The molecule has 1 fully saturated rings. The molecule has 5 rings (SSSR count). The highest BCUT2D eigenvalue weighted by molar-refractivity contribution is 8.13. The van der Waals surface area contributed by atoms with Crippen LogP contribution in [0.2, 0.25) is 5.02 Å². The van der Waals surface area contributed by atoms with Gasteiger partial charge in [-0.3, -0.25) is 9.69 Å². The van der Waals surface area contributed by atoms with Crippen molar-refractivity contribution in [2.75, 3.05) is 50.9 Å². The van der Waals surface area contributed by atoms with Gasteiger partial charge < -0.3 is 29.4 Å². The monoisotopic (exact) mass is 773 g/mol. The molecule has 2 heterocycles. The van der Waals surface area contributed by atoms with Gasteiger partial charge >= 0.3 is 0 Å². The number of likely N-dealkylation sites (N-methyl/N-ethyl adjacent to an activating group) is 1. The smallest absolute Gasteiger partial charge is 0.260 e. The first-order chi connectivity index (χ1) is 25.6. The van der Waals surface area contributed by atoms with Gasteiger partial charge in [0, 0.05) is 40.8 Å². The summed E-state index contributed by atoms with van der Waals surface area (Å²) in [4.78, 5) is 30.2. The third-order valence-corrected chi connectivity index (χ3v) is 13.6. The second-order valence-electron chi connectivity index (χ2n) is 14.7. The molecule has 7 atom stereocenters. The number of carbonyl (C=O) groups is 2. The van der Waals surface area contributed by atoms with Gasteiger partial charge in [0.05, 0.1) is 31.5 Å². The fraction of sp³-hybridized carbons (Fsp3) is 0.651. The van der Waals surface area contributed by atoms with E-state index in [0.29, 0.717) is 29.9 Å². The molecule has 1 saturated carbocycles. The summed E-state index contributed by atoms with van der Waals surface area (Å²) < 4.78 is 9.68. The Morgan fingerprint density at radius 1 is 1.04 bits per heavy atom. The van der Waals surface area contributed by atoms with Crippen LogP contribution in [0.5, 0.6) is 5.75 Å². The minimum Gasteiger partial charge on any atom is -0.491 e. The number of aryl methyl sites for hydroxylation is 1. The number of aliphatic hydroxyl groups is 2. The number of ether oxygens (including phenoxy) is 1. The largest absolute Gasteiger partial charge is 0.491 e. The van der Waals surface area contributed by atoms with E-state index >= 15 is 0 Å². The van der Waals surface area contributed by atoms with Crippen molar-refractivity contribution in [1.82, 2.24) is 9.62 Å². The Bertz CT molecular complexity index is 1440. The van der Waals surface area contributed by atoms with E-state index in [1.807, 2.05) is 56.9 Å². The number of aliphatic hydroxyl groups excluding tert-OH is 2. The minimum absolute atomic E-state index is 0.0399. The van der Waals surface area contributed by atoms with Gasteiger partial charge in [0.1, 0.15) is 12.0 Å². The summed E-state index contributed by atoms with van der Waals surface area (Å²) in [5.74, 6) is 6.62. The van der Waals surface area contributed by atoms with Gasteiger partial charge in [-0.1, -0.05) is 95.5 Å². The highest BCUT2D eigenvalue weighted by Crippen LogP contribution is 2.45. The summed E-state index contributed by atoms with van der Waals surface area (Å²) in [6.45, 7) is 18.7. The van der Waals surface area contributed by atoms with Crippen LogP contribution in [0.25, 0.3) is 0 Å². The van der Waals surface area contributed by atoms with Gasteiger partial charge in [0.25, 0.3) is 5.91 Å². The Balaban J connectivity index is 0.000000547. The van der Waals surface area contributed by atoms with Crippen LogP contribution >= 0.6 is 22.3 Å². The van der Waals surface area contributed by atoms with E-state index in [0.717, 1.165) is 87.6 Å². The molecule has 0 spiro atoms. The lowest BCUT2D eigenvalue weighted by atomic mass is 9.66. The Kier molecular flexibility index (Phi) is 19.4. The zero-order valence-electron chi connectivity index (χ0n) is 33.5. The molecule has 53 heavy (non-hydrogen) atoms. The molecule has 0 saturated heterocycles. The number of nitrogens with zero attached hydrogens (tertiary/aromatic N) is 2. The maximum absolute atomic E-state index is 13.4. The lowest BCUT2D eigenvalue weighted by molar-refractivity contribution is -0.115. The van der Waals surface area contributed by atoms with Gasteiger partial charge in [-0.05, 0) is 104 Å². The number of rotatable bonds is 9. The fourth-order valence-corrected chi connectivity index (χ4v) is 9.43. The van der Waals surface area contributed by atoms with Crippen LogP contribution in [-0.2, 0) is 11.2 Å². The first-order valence-corrected chi connectivity index (χ1v) is 22.0. The van der Waals surface area contributed by atoms with Crippen LogP contribution in [0, 0.1) is 23.7 Å². The van der Waals surface area contributed by atoms with Crippen molar-refractivity contribution in [2.45, 2.75) is 111 Å². The zero-order chi connectivity index (χ0) is 39.1. The molecule has 0 radical (unpaired) electrons. The number of amides is 1. The van der Waals surface area contributed by atoms with Gasteiger partial charge in [-0.15, -0.1) is 0 Å². The van der Waals surface area contributed by atoms with Crippen molar-refractivity contribution in [3.05, 3.63) is 58.1 Å². The zero-order valence-corrected chi connectivity index (χ0v) is 35.1. The Morgan fingerprint density at radius 3 is 2.34 bits per heavy atom. The molecule has 2 aromatic carbocycles. The Hall–Kier alpha value is -2.43. The number of hydrogen-bond donors (Lipinski definition) is 3. The molecule has 0 aromatic heterocycles. The third kappa shape index (κ3) is 12.0. The number of fused-ring (bicyclic) bond motifs is 2. The molecule has 3 aliphatic rings. The minimum atomic E-state index is -0.507. The molecule has 7 unspecified atom stereocenters. The second-order valence-corrected chi connectivity index (χ2v) is 16.9. The van der Waals surface area contributed by atoms with Crippen molar-refractivity contribution in [3.8, 4) is 5.75 Å². The van der Waals surface area contributed by atoms with E-state index < -0.39 is 10.7 Å². The topological polar surface area (TPSA) is 102 Å². The molecule has 1 aliphatic carbocycles. The standard InChI is InChI=1S/C34H45ClN2O3S.C7H17NO2.C2H6/c1-5-7-24-16-29(35)12-14-30(24)28-19-37-18-26-10-13-31(26)27(20-38)9-6-8-22(2)23(3)41(4)36-34(39)25-11-15-33(40-21-28)32(37)17-25;1-3-8(4-2)7(5-9)6-10;1-2/h11-12,14-17,20,22-23,26-28,31H,4-10,13,18-19,21H2,1-3H3,(H,36,39);7,9-10H,3-6H2,1-2H3;1-2H3. The van der Waals surface area contributed by atoms with Crippen molar-refractivity contribution >= 4 is 46.0 Å².